The van der Waals surface area contributed by atoms with E-state index in [0.29, 0.717) is 17.9 Å². The largest absolute Gasteiger partial charge is 0.350 e. The van der Waals surface area contributed by atoms with Gasteiger partial charge in [-0.2, -0.15) is 8.42 Å². The summed E-state index contributed by atoms with van der Waals surface area (Å²) in [4.78, 5) is 17.1. The average Bonchev–Trinajstić information content (AvgIpc) is 3.12. The van der Waals surface area contributed by atoms with Crippen molar-refractivity contribution in [3.8, 4) is 0 Å². The van der Waals surface area contributed by atoms with Crippen LogP contribution >= 0.6 is 0 Å². The van der Waals surface area contributed by atoms with Crippen molar-refractivity contribution in [2.24, 2.45) is 0 Å². The first kappa shape index (κ1) is 19.5. The van der Waals surface area contributed by atoms with Gasteiger partial charge in [0.2, 0.25) is 0 Å². The van der Waals surface area contributed by atoms with Crippen molar-refractivity contribution in [2.75, 3.05) is 12.9 Å². The smallest absolute Gasteiger partial charge is 0.307 e. The molecule has 0 bridgehead atoms. The van der Waals surface area contributed by atoms with Crippen LogP contribution in [0.4, 0.5) is 5.69 Å². The van der Waals surface area contributed by atoms with E-state index >= 15 is 0 Å². The van der Waals surface area contributed by atoms with Gasteiger partial charge in [0.25, 0.3) is 5.91 Å². The number of para-hydroxylation sites is 1. The second-order valence-corrected chi connectivity index (χ2v) is 8.51. The van der Waals surface area contributed by atoms with Crippen molar-refractivity contribution in [1.29, 1.82) is 0 Å². The molecule has 0 aliphatic carbocycles. The van der Waals surface area contributed by atoms with E-state index in [1.165, 1.54) is 12.3 Å². The third-order valence-electron chi connectivity index (χ3n) is 4.39. The number of amides is 1. The number of hydrogen-bond acceptors (Lipinski definition) is 5. The first-order valence-electron chi connectivity index (χ1n) is 8.72. The van der Waals surface area contributed by atoms with Gasteiger partial charge in [0, 0.05) is 42.9 Å². The summed E-state index contributed by atoms with van der Waals surface area (Å²) >= 11 is 0. The molecule has 3 rings (SSSR count). The van der Waals surface area contributed by atoms with Crippen molar-refractivity contribution in [1.82, 2.24) is 9.37 Å². The normalized spacial score (nSPS) is 25.5. The first-order valence-corrected chi connectivity index (χ1v) is 10.6. The van der Waals surface area contributed by atoms with Gasteiger partial charge in [-0.15, -0.1) is 3.89 Å². The van der Waals surface area contributed by atoms with E-state index in [4.69, 9.17) is 9.57 Å². The third kappa shape index (κ3) is 4.54. The van der Waals surface area contributed by atoms with Crippen LogP contribution in [0.5, 0.6) is 0 Å². The molecule has 2 atom stereocenters. The molecule has 1 amide bonds. The van der Waals surface area contributed by atoms with E-state index in [-0.39, 0.29) is 0 Å². The quantitative estimate of drug-likeness (QED) is 0.458. The number of quaternary nitrogens is 1. The van der Waals surface area contributed by atoms with Crippen LogP contribution in [0.1, 0.15) is 19.3 Å². The van der Waals surface area contributed by atoms with Gasteiger partial charge < -0.3 is 4.74 Å². The minimum absolute atomic E-state index is 0.422. The molecule has 1 fully saturated rings. The molecule has 7 nitrogen and oxygen atoms in total. The number of nitrogens with zero attached hydrogens (tertiary/aromatic N) is 1. The molecule has 144 valence electrons. The Kier molecular flexibility index (Phi) is 5.91. The fourth-order valence-electron chi connectivity index (χ4n) is 2.96. The van der Waals surface area contributed by atoms with Gasteiger partial charge in [-0.3, -0.25) is 4.79 Å². The van der Waals surface area contributed by atoms with Gasteiger partial charge in [0.1, 0.15) is 12.4 Å². The average molecular weight is 391 g/mol. The van der Waals surface area contributed by atoms with Crippen molar-refractivity contribution >= 4 is 21.6 Å². The number of carbonyl (C=O) groups excluding carboxylic acids is 1. The Morgan fingerprint density at radius 3 is 2.74 bits per heavy atom. The maximum Gasteiger partial charge on any atom is 0.307 e. The minimum atomic E-state index is -3.51. The zero-order valence-electron chi connectivity index (χ0n) is 15.1. The molecule has 2 heterocycles. The molecule has 27 heavy (non-hydrogen) atoms. The summed E-state index contributed by atoms with van der Waals surface area (Å²) in [5, 5.41) is 0. The first-order chi connectivity index (χ1) is 12.9. The molecule has 2 aliphatic rings. The zero-order valence-corrected chi connectivity index (χ0v) is 15.9. The second kappa shape index (κ2) is 8.18. The summed E-state index contributed by atoms with van der Waals surface area (Å²) < 4.78 is 29.9. The van der Waals surface area contributed by atoms with E-state index in [1.807, 2.05) is 6.07 Å². The summed E-state index contributed by atoms with van der Waals surface area (Å²) in [7, 11) is -3.51. The van der Waals surface area contributed by atoms with Crippen LogP contribution in [0.15, 0.2) is 66.5 Å². The Bertz CT molecular complexity index is 871. The lowest BCUT2D eigenvalue weighted by Crippen LogP contribution is -2.42. The molecular formula is C19H23N2O5S+. The fraction of sp³-hybridized carbons (Fsp3) is 0.316. The number of ether oxygens (including phenoxy) is 1. The van der Waals surface area contributed by atoms with Crippen LogP contribution in [-0.4, -0.2) is 33.5 Å². The highest BCUT2D eigenvalue weighted by atomic mass is 32.2. The summed E-state index contributed by atoms with van der Waals surface area (Å²) in [6.45, 7) is 0.624. The van der Waals surface area contributed by atoms with Crippen LogP contribution < -0.4 is 9.37 Å². The molecule has 2 unspecified atom stereocenters. The lowest BCUT2D eigenvalue weighted by molar-refractivity contribution is -0.198. The second-order valence-electron chi connectivity index (χ2n) is 6.44. The molecule has 8 heteroatoms. The van der Waals surface area contributed by atoms with E-state index in [2.05, 4.69) is 5.48 Å². The summed E-state index contributed by atoms with van der Waals surface area (Å²) in [6, 6.07) is 8.90. The molecule has 0 spiro atoms. The Labute approximate surface area is 159 Å². The van der Waals surface area contributed by atoms with Gasteiger partial charge >= 0.3 is 10.0 Å². The number of rotatable bonds is 6. The molecule has 1 aromatic rings. The molecule has 0 saturated carbocycles. The van der Waals surface area contributed by atoms with Gasteiger partial charge in [-0.05, 0) is 18.9 Å². The number of carbonyl (C=O) groups is 1. The van der Waals surface area contributed by atoms with E-state index in [9.17, 15) is 13.2 Å². The molecule has 0 aromatic heterocycles. The van der Waals surface area contributed by atoms with Crippen LogP contribution in [0.25, 0.3) is 0 Å². The number of hydroxylamine groups is 1. The molecule has 2 aliphatic heterocycles. The molecule has 1 aromatic carbocycles. The maximum absolute atomic E-state index is 12.5. The lowest BCUT2D eigenvalue weighted by Gasteiger charge is -2.25. The van der Waals surface area contributed by atoms with Crippen molar-refractivity contribution in [2.45, 2.75) is 25.6 Å². The summed E-state index contributed by atoms with van der Waals surface area (Å²) in [6.07, 6.45) is 11.2. The monoisotopic (exact) mass is 391 g/mol. The zero-order chi connectivity index (χ0) is 19.3. The number of nitrogens with one attached hydrogen (secondary N) is 1. The van der Waals surface area contributed by atoms with Crippen molar-refractivity contribution in [3.63, 3.8) is 0 Å². The van der Waals surface area contributed by atoms with Crippen molar-refractivity contribution in [3.05, 3.63) is 66.5 Å². The Morgan fingerprint density at radius 1 is 1.30 bits per heavy atom. The van der Waals surface area contributed by atoms with E-state index in [0.717, 1.165) is 19.3 Å². The Morgan fingerprint density at radius 2 is 2.07 bits per heavy atom. The number of allylic oxidation sites excluding steroid dienone is 3. The van der Waals surface area contributed by atoms with Crippen LogP contribution in [-0.2, 0) is 24.4 Å². The molecule has 1 N–H and O–H groups in total. The highest BCUT2D eigenvalue weighted by Gasteiger charge is 2.40. The highest BCUT2D eigenvalue weighted by Crippen LogP contribution is 2.34. The number of sulfonamides is 1. The van der Waals surface area contributed by atoms with Gasteiger partial charge in [0.15, 0.2) is 12.0 Å². The summed E-state index contributed by atoms with van der Waals surface area (Å²) in [5.74, 6) is -0.442. The van der Waals surface area contributed by atoms with E-state index < -0.39 is 26.1 Å². The predicted molar refractivity (Wildman–Crippen MR) is 102 cm³/mol. The van der Waals surface area contributed by atoms with Crippen molar-refractivity contribution < 1.29 is 22.8 Å². The summed E-state index contributed by atoms with van der Waals surface area (Å²) in [5.41, 5.74) is 3.54. The van der Waals surface area contributed by atoms with Crippen LogP contribution in [0.3, 0.4) is 0 Å². The SMILES string of the molecule is CS(=O)(=O)[N+]1(c2ccccc2)C=CC(/C=C/C(=O)NOC2CCCCO2)=C1. The predicted octanol–water partition coefficient (Wildman–Crippen LogP) is 2.50. The van der Waals surface area contributed by atoms with E-state index in [1.54, 1.807) is 48.8 Å². The lowest BCUT2D eigenvalue weighted by atomic mass is 10.2. The number of hydrogen-bond donors (Lipinski definition) is 1. The van der Waals surface area contributed by atoms with Gasteiger partial charge in [-0.1, -0.05) is 18.2 Å². The Hall–Kier alpha value is -2.26. The highest BCUT2D eigenvalue weighted by molar-refractivity contribution is 7.90. The van der Waals surface area contributed by atoms with Gasteiger partial charge in [-0.25, -0.2) is 10.3 Å². The molecule has 1 saturated heterocycles. The van der Waals surface area contributed by atoms with Gasteiger partial charge in [0.05, 0.1) is 6.26 Å². The Balaban J connectivity index is 1.69. The topological polar surface area (TPSA) is 81.7 Å². The minimum Gasteiger partial charge on any atom is -0.350 e. The van der Waals surface area contributed by atoms with Crippen LogP contribution in [0.2, 0.25) is 0 Å². The fourth-order valence-corrected chi connectivity index (χ4v) is 4.06. The third-order valence-corrected chi connectivity index (χ3v) is 5.93. The standard InChI is InChI=1S/C19H22N2O5S/c1-27(23,24)21(17-7-3-2-4-8-17)13-12-16(15-21)10-11-18(22)20-26-19-9-5-6-14-25-19/h2-4,7-8,10-13,15,19H,5-6,9,14H2,1H3/p+1/b11-10+. The number of benzene rings is 1. The molecule has 0 radical (unpaired) electrons. The van der Waals surface area contributed by atoms with Crippen LogP contribution in [0, 0.1) is 0 Å². The molecular weight excluding hydrogens is 368 g/mol. The maximum atomic E-state index is 12.5.